The van der Waals surface area contributed by atoms with Crippen molar-refractivity contribution in [2.24, 2.45) is 0 Å². The Morgan fingerprint density at radius 3 is 2.27 bits per heavy atom. The molecule has 0 aliphatic rings. The first-order valence-corrected chi connectivity index (χ1v) is 8.89. The van der Waals surface area contributed by atoms with Crippen LogP contribution in [0.15, 0.2) is 0 Å². The van der Waals surface area contributed by atoms with E-state index >= 15 is 0 Å². The Bertz CT molecular complexity index is 220. The largest absolute Gasteiger partial charge is 0.481 e. The van der Waals surface area contributed by atoms with Crippen LogP contribution in [0.25, 0.3) is 0 Å². The monoisotopic (exact) mass is 232 g/mol. The summed E-state index contributed by atoms with van der Waals surface area (Å²) in [5.74, 6) is -1.15. The lowest BCUT2D eigenvalue weighted by Gasteiger charge is -2.15. The maximum absolute atomic E-state index is 11.1. The lowest BCUT2D eigenvalue weighted by Crippen LogP contribution is -2.22. The summed E-state index contributed by atoms with van der Waals surface area (Å²) in [5, 5.41) is 8.36. The number of ether oxygens (including phenoxy) is 1. The molecule has 88 valence electrons. The summed E-state index contributed by atoms with van der Waals surface area (Å²) in [4.78, 5) is 21.3. The van der Waals surface area contributed by atoms with Gasteiger partial charge in [0, 0.05) is 20.9 Å². The summed E-state index contributed by atoms with van der Waals surface area (Å²) < 4.78 is 5.00. The predicted molar refractivity (Wildman–Crippen MR) is 60.6 cm³/mol. The Kier molecular flexibility index (Phi) is 6.23. The number of rotatable bonds is 7. The topological polar surface area (TPSA) is 63.6 Å². The zero-order valence-corrected chi connectivity index (χ0v) is 10.7. The van der Waals surface area contributed by atoms with E-state index in [2.05, 4.69) is 19.6 Å². The number of hydrogen-bond donors (Lipinski definition) is 1. The highest BCUT2D eigenvalue weighted by molar-refractivity contribution is 6.76. The molecule has 0 aromatic heterocycles. The Labute approximate surface area is 91.6 Å². The maximum Gasteiger partial charge on any atom is 0.305 e. The first kappa shape index (κ1) is 14.2. The van der Waals surface area contributed by atoms with Crippen LogP contribution < -0.4 is 0 Å². The number of carboxylic acid groups (broad SMARTS) is 1. The Hall–Kier alpha value is -0.843. The van der Waals surface area contributed by atoms with Gasteiger partial charge in [-0.1, -0.05) is 19.6 Å². The van der Waals surface area contributed by atoms with E-state index in [1.807, 2.05) is 0 Å². The van der Waals surface area contributed by atoms with Crippen LogP contribution in [0.3, 0.4) is 0 Å². The first-order chi connectivity index (χ1) is 6.81. The third-order valence-electron chi connectivity index (χ3n) is 1.89. The molecule has 4 nitrogen and oxygen atoms in total. The zero-order chi connectivity index (χ0) is 11.9. The quantitative estimate of drug-likeness (QED) is 0.539. The SMILES string of the molecule is C[Si](C)(C)CCOC(=O)CCCC(=O)O. The van der Waals surface area contributed by atoms with E-state index in [4.69, 9.17) is 9.84 Å². The van der Waals surface area contributed by atoms with Gasteiger partial charge in [-0.2, -0.15) is 0 Å². The third-order valence-corrected chi connectivity index (χ3v) is 3.59. The van der Waals surface area contributed by atoms with Crippen molar-refractivity contribution >= 4 is 20.0 Å². The number of hydrogen-bond acceptors (Lipinski definition) is 3. The third kappa shape index (κ3) is 11.1. The Balaban J connectivity index is 3.46. The molecule has 0 atom stereocenters. The average molecular weight is 232 g/mol. The molecule has 0 rings (SSSR count). The molecule has 0 aromatic rings. The van der Waals surface area contributed by atoms with Crippen molar-refractivity contribution in [3.8, 4) is 0 Å². The van der Waals surface area contributed by atoms with Gasteiger partial charge in [0.2, 0.25) is 0 Å². The van der Waals surface area contributed by atoms with Crippen molar-refractivity contribution in [2.45, 2.75) is 44.9 Å². The zero-order valence-electron chi connectivity index (χ0n) is 9.71. The van der Waals surface area contributed by atoms with Crippen LogP contribution >= 0.6 is 0 Å². The van der Waals surface area contributed by atoms with E-state index < -0.39 is 14.0 Å². The Morgan fingerprint density at radius 2 is 1.80 bits per heavy atom. The fourth-order valence-electron chi connectivity index (χ4n) is 0.927. The van der Waals surface area contributed by atoms with Gasteiger partial charge in [-0.15, -0.1) is 0 Å². The summed E-state index contributed by atoms with van der Waals surface area (Å²) in [6, 6.07) is 0.956. The maximum atomic E-state index is 11.1. The van der Waals surface area contributed by atoms with Gasteiger partial charge in [0.1, 0.15) is 0 Å². The number of carbonyl (C=O) groups is 2. The highest BCUT2D eigenvalue weighted by atomic mass is 28.3. The van der Waals surface area contributed by atoms with E-state index in [0.29, 0.717) is 13.0 Å². The van der Waals surface area contributed by atoms with Crippen LogP contribution in [0.1, 0.15) is 19.3 Å². The molecular weight excluding hydrogens is 212 g/mol. The minimum Gasteiger partial charge on any atom is -0.481 e. The van der Waals surface area contributed by atoms with Crippen molar-refractivity contribution in [1.29, 1.82) is 0 Å². The van der Waals surface area contributed by atoms with Crippen molar-refractivity contribution in [3.63, 3.8) is 0 Å². The predicted octanol–water partition coefficient (Wildman–Crippen LogP) is 2.12. The van der Waals surface area contributed by atoms with E-state index in [-0.39, 0.29) is 18.8 Å². The standard InChI is InChI=1S/C10H20O4Si/c1-15(2,3)8-7-14-10(13)6-4-5-9(11)12/h4-8H2,1-3H3,(H,11,12). The molecule has 0 aliphatic heterocycles. The molecule has 0 unspecified atom stereocenters. The molecule has 1 N–H and O–H groups in total. The molecule has 0 fully saturated rings. The molecule has 0 aromatic carbocycles. The Morgan fingerprint density at radius 1 is 1.20 bits per heavy atom. The van der Waals surface area contributed by atoms with Crippen LogP contribution in [-0.4, -0.2) is 31.7 Å². The molecule has 15 heavy (non-hydrogen) atoms. The lowest BCUT2D eigenvalue weighted by molar-refractivity contribution is -0.143. The van der Waals surface area contributed by atoms with Gasteiger partial charge in [-0.25, -0.2) is 0 Å². The number of carboxylic acids is 1. The van der Waals surface area contributed by atoms with E-state index in [0.717, 1.165) is 6.04 Å². The van der Waals surface area contributed by atoms with Crippen LogP contribution in [-0.2, 0) is 14.3 Å². The van der Waals surface area contributed by atoms with Crippen LogP contribution in [0, 0.1) is 0 Å². The van der Waals surface area contributed by atoms with Gasteiger partial charge in [0.15, 0.2) is 0 Å². The van der Waals surface area contributed by atoms with Gasteiger partial charge in [0.05, 0.1) is 6.61 Å². The minimum absolute atomic E-state index is 0.0309. The average Bonchev–Trinajstić information content (AvgIpc) is 2.00. The highest BCUT2D eigenvalue weighted by Crippen LogP contribution is 2.08. The smallest absolute Gasteiger partial charge is 0.305 e. The van der Waals surface area contributed by atoms with Crippen molar-refractivity contribution < 1.29 is 19.4 Å². The second kappa shape index (κ2) is 6.61. The van der Waals surface area contributed by atoms with Crippen molar-refractivity contribution in [2.75, 3.05) is 6.61 Å². The van der Waals surface area contributed by atoms with Gasteiger partial charge in [0.25, 0.3) is 0 Å². The summed E-state index contributed by atoms with van der Waals surface area (Å²) in [6.45, 7) is 7.11. The normalized spacial score (nSPS) is 11.1. The van der Waals surface area contributed by atoms with Crippen LogP contribution in [0.4, 0.5) is 0 Å². The minimum atomic E-state index is -1.14. The second-order valence-electron chi connectivity index (χ2n) is 4.78. The summed E-state index contributed by atoms with van der Waals surface area (Å²) in [5.41, 5.74) is 0. The van der Waals surface area contributed by atoms with Gasteiger partial charge < -0.3 is 9.84 Å². The fourth-order valence-corrected chi connectivity index (χ4v) is 1.64. The molecule has 0 aliphatic carbocycles. The highest BCUT2D eigenvalue weighted by Gasteiger charge is 2.13. The molecule has 0 heterocycles. The van der Waals surface area contributed by atoms with E-state index in [1.54, 1.807) is 0 Å². The summed E-state index contributed by atoms with van der Waals surface area (Å²) >= 11 is 0. The van der Waals surface area contributed by atoms with Crippen LogP contribution in [0.5, 0.6) is 0 Å². The van der Waals surface area contributed by atoms with Crippen LogP contribution in [0.2, 0.25) is 25.7 Å². The molecule has 0 amide bonds. The number of carbonyl (C=O) groups excluding carboxylic acids is 1. The van der Waals surface area contributed by atoms with E-state index in [9.17, 15) is 9.59 Å². The molecule has 0 bridgehead atoms. The van der Waals surface area contributed by atoms with E-state index in [1.165, 1.54) is 0 Å². The first-order valence-electron chi connectivity index (χ1n) is 5.19. The second-order valence-corrected chi connectivity index (χ2v) is 10.4. The van der Waals surface area contributed by atoms with Gasteiger partial charge in [-0.05, 0) is 12.5 Å². The number of esters is 1. The fraction of sp³-hybridized carbons (Fsp3) is 0.800. The molecule has 5 heteroatoms. The number of aliphatic carboxylic acids is 1. The van der Waals surface area contributed by atoms with Crippen molar-refractivity contribution in [1.82, 2.24) is 0 Å². The molecule has 0 saturated carbocycles. The van der Waals surface area contributed by atoms with Crippen molar-refractivity contribution in [3.05, 3.63) is 0 Å². The summed E-state index contributed by atoms with van der Waals surface area (Å²) in [7, 11) is -1.14. The molecular formula is C10H20O4Si. The molecule has 0 saturated heterocycles. The van der Waals surface area contributed by atoms with Gasteiger partial charge >= 0.3 is 11.9 Å². The molecule has 0 radical (unpaired) electrons. The lowest BCUT2D eigenvalue weighted by atomic mass is 10.2. The summed E-state index contributed by atoms with van der Waals surface area (Å²) in [6.07, 6.45) is 0.599. The van der Waals surface area contributed by atoms with Gasteiger partial charge in [-0.3, -0.25) is 9.59 Å². The molecule has 0 spiro atoms.